The number of hydrogen-bond donors (Lipinski definition) is 2. The second-order valence-electron chi connectivity index (χ2n) is 3.22. The van der Waals surface area contributed by atoms with Gasteiger partial charge in [-0.25, -0.2) is 15.2 Å². The Labute approximate surface area is 91.0 Å². The molecule has 1 aromatic carbocycles. The molecule has 1 heterocycles. The van der Waals surface area contributed by atoms with E-state index in [9.17, 15) is 4.39 Å². The number of halogens is 2. The van der Waals surface area contributed by atoms with Crippen molar-refractivity contribution < 1.29 is 4.39 Å². The van der Waals surface area contributed by atoms with Gasteiger partial charge in [-0.15, -0.1) is 0 Å². The standard InChI is InChI=1S/C10H9ClFN3/c1-5-4-6-8(12)3-2-7(11)9(6)14-10(5)15-13/h2-4H,13H2,1H3,(H,14,15). The number of nitrogens with one attached hydrogen (secondary N) is 1. The van der Waals surface area contributed by atoms with E-state index in [2.05, 4.69) is 10.4 Å². The third-order valence-electron chi connectivity index (χ3n) is 2.21. The number of hydrazine groups is 1. The third kappa shape index (κ3) is 1.62. The van der Waals surface area contributed by atoms with E-state index in [1.54, 1.807) is 13.0 Å². The molecule has 0 fully saturated rings. The second kappa shape index (κ2) is 3.64. The Hall–Kier alpha value is -1.39. The number of fused-ring (bicyclic) bond motifs is 1. The van der Waals surface area contributed by atoms with Gasteiger partial charge in [0.25, 0.3) is 0 Å². The van der Waals surface area contributed by atoms with Gasteiger partial charge in [0.2, 0.25) is 0 Å². The zero-order valence-electron chi connectivity index (χ0n) is 8.01. The summed E-state index contributed by atoms with van der Waals surface area (Å²) >= 11 is 5.91. The van der Waals surface area contributed by atoms with Gasteiger partial charge in [0.05, 0.1) is 10.5 Å². The molecule has 3 nitrogen and oxygen atoms in total. The van der Waals surface area contributed by atoms with Gasteiger partial charge in [-0.05, 0) is 30.7 Å². The molecule has 0 saturated heterocycles. The minimum Gasteiger partial charge on any atom is -0.308 e. The van der Waals surface area contributed by atoms with Crippen LogP contribution in [0, 0.1) is 12.7 Å². The lowest BCUT2D eigenvalue weighted by molar-refractivity contribution is 0.639. The zero-order valence-corrected chi connectivity index (χ0v) is 8.77. The summed E-state index contributed by atoms with van der Waals surface area (Å²) < 4.78 is 13.4. The summed E-state index contributed by atoms with van der Waals surface area (Å²) in [7, 11) is 0. The van der Waals surface area contributed by atoms with Crippen LogP contribution in [-0.2, 0) is 0 Å². The second-order valence-corrected chi connectivity index (χ2v) is 3.63. The van der Waals surface area contributed by atoms with E-state index in [1.165, 1.54) is 12.1 Å². The van der Waals surface area contributed by atoms with E-state index in [4.69, 9.17) is 17.4 Å². The van der Waals surface area contributed by atoms with Gasteiger partial charge in [-0.3, -0.25) is 0 Å². The third-order valence-corrected chi connectivity index (χ3v) is 2.51. The highest BCUT2D eigenvalue weighted by Gasteiger charge is 2.09. The van der Waals surface area contributed by atoms with Crippen LogP contribution >= 0.6 is 11.6 Å². The lowest BCUT2D eigenvalue weighted by Crippen LogP contribution is -2.10. The van der Waals surface area contributed by atoms with Crippen molar-refractivity contribution in [2.24, 2.45) is 5.84 Å². The smallest absolute Gasteiger partial charge is 0.143 e. The molecule has 1 aromatic heterocycles. The molecule has 0 spiro atoms. The number of rotatable bonds is 1. The average Bonchev–Trinajstić information content (AvgIpc) is 2.23. The van der Waals surface area contributed by atoms with E-state index in [0.717, 1.165) is 5.56 Å². The van der Waals surface area contributed by atoms with Crippen LogP contribution < -0.4 is 11.3 Å². The summed E-state index contributed by atoms with van der Waals surface area (Å²) in [4.78, 5) is 4.15. The van der Waals surface area contributed by atoms with Gasteiger partial charge in [-0.2, -0.15) is 0 Å². The van der Waals surface area contributed by atoms with Crippen LogP contribution in [0.4, 0.5) is 10.2 Å². The zero-order chi connectivity index (χ0) is 11.0. The minimum atomic E-state index is -0.339. The van der Waals surface area contributed by atoms with Crippen LogP contribution in [0.25, 0.3) is 10.9 Å². The van der Waals surface area contributed by atoms with E-state index in [-0.39, 0.29) is 5.82 Å². The maximum absolute atomic E-state index is 13.4. The van der Waals surface area contributed by atoms with Crippen molar-refractivity contribution in [3.63, 3.8) is 0 Å². The fraction of sp³-hybridized carbons (Fsp3) is 0.100. The molecule has 3 N–H and O–H groups in total. The van der Waals surface area contributed by atoms with Crippen LogP contribution in [0.3, 0.4) is 0 Å². The molecule has 0 aliphatic carbocycles. The van der Waals surface area contributed by atoms with Crippen molar-refractivity contribution in [1.82, 2.24) is 4.98 Å². The van der Waals surface area contributed by atoms with Gasteiger partial charge in [-0.1, -0.05) is 11.6 Å². The summed E-state index contributed by atoms with van der Waals surface area (Å²) in [6, 6.07) is 4.46. The number of nitrogen functional groups attached to an aromatic ring is 1. The molecule has 0 aliphatic rings. The van der Waals surface area contributed by atoms with Crippen molar-refractivity contribution in [3.8, 4) is 0 Å². The molecule has 0 saturated carbocycles. The summed E-state index contributed by atoms with van der Waals surface area (Å²) in [6.07, 6.45) is 0. The molecular formula is C10H9ClFN3. The molecule has 5 heteroatoms. The lowest BCUT2D eigenvalue weighted by Gasteiger charge is -2.07. The van der Waals surface area contributed by atoms with Gasteiger partial charge < -0.3 is 5.43 Å². The lowest BCUT2D eigenvalue weighted by atomic mass is 10.1. The van der Waals surface area contributed by atoms with Crippen LogP contribution in [-0.4, -0.2) is 4.98 Å². The van der Waals surface area contributed by atoms with Gasteiger partial charge >= 0.3 is 0 Å². The average molecular weight is 226 g/mol. The highest BCUT2D eigenvalue weighted by atomic mass is 35.5. The Kier molecular flexibility index (Phi) is 2.46. The van der Waals surface area contributed by atoms with Crippen molar-refractivity contribution in [1.29, 1.82) is 0 Å². The van der Waals surface area contributed by atoms with Gasteiger partial charge in [0.1, 0.15) is 11.6 Å². The number of hydrogen-bond acceptors (Lipinski definition) is 3. The monoisotopic (exact) mass is 225 g/mol. The number of nitrogens with zero attached hydrogens (tertiary/aromatic N) is 1. The largest absolute Gasteiger partial charge is 0.308 e. The molecule has 0 unspecified atom stereocenters. The Morgan fingerprint density at radius 3 is 2.87 bits per heavy atom. The molecule has 78 valence electrons. The SMILES string of the molecule is Cc1cc2c(F)ccc(Cl)c2nc1NN. The number of aryl methyl sites for hydroxylation is 1. The van der Waals surface area contributed by atoms with Crippen molar-refractivity contribution >= 4 is 28.3 Å². The van der Waals surface area contributed by atoms with Crippen LogP contribution in [0.15, 0.2) is 18.2 Å². The predicted molar refractivity (Wildman–Crippen MR) is 59.3 cm³/mol. The summed E-state index contributed by atoms with van der Waals surface area (Å²) in [5.74, 6) is 5.44. The van der Waals surface area contributed by atoms with Crippen molar-refractivity contribution in [2.75, 3.05) is 5.43 Å². The van der Waals surface area contributed by atoms with Crippen molar-refractivity contribution in [2.45, 2.75) is 6.92 Å². The van der Waals surface area contributed by atoms with Crippen molar-refractivity contribution in [3.05, 3.63) is 34.6 Å². The maximum atomic E-state index is 13.4. The Bertz CT molecular complexity index is 528. The first kappa shape index (κ1) is 10.1. The Morgan fingerprint density at radius 1 is 1.47 bits per heavy atom. The van der Waals surface area contributed by atoms with Crippen LogP contribution in [0.1, 0.15) is 5.56 Å². The van der Waals surface area contributed by atoms with E-state index in [1.807, 2.05) is 0 Å². The molecule has 2 aromatic rings. The number of nitrogens with two attached hydrogens (primary N) is 1. The highest BCUT2D eigenvalue weighted by Crippen LogP contribution is 2.27. The van der Waals surface area contributed by atoms with E-state index in [0.29, 0.717) is 21.7 Å². The number of aromatic nitrogens is 1. The summed E-state index contributed by atoms with van der Waals surface area (Å²) in [6.45, 7) is 1.79. The molecule has 0 aliphatic heterocycles. The summed E-state index contributed by atoms with van der Waals surface area (Å²) in [5, 5.41) is 0.807. The molecule has 0 bridgehead atoms. The topological polar surface area (TPSA) is 50.9 Å². The van der Waals surface area contributed by atoms with Crippen LogP contribution in [0.2, 0.25) is 5.02 Å². The minimum absolute atomic E-state index is 0.339. The fourth-order valence-electron chi connectivity index (χ4n) is 1.44. The Morgan fingerprint density at radius 2 is 2.20 bits per heavy atom. The molecule has 0 radical (unpaired) electrons. The first-order valence-corrected chi connectivity index (χ1v) is 4.73. The number of pyridine rings is 1. The first-order valence-electron chi connectivity index (χ1n) is 4.35. The normalized spacial score (nSPS) is 10.7. The Balaban J connectivity index is 2.86. The fourth-order valence-corrected chi connectivity index (χ4v) is 1.65. The molecule has 0 amide bonds. The van der Waals surface area contributed by atoms with Crippen LogP contribution in [0.5, 0.6) is 0 Å². The predicted octanol–water partition coefficient (Wildman–Crippen LogP) is 2.62. The maximum Gasteiger partial charge on any atom is 0.143 e. The number of anilines is 1. The van der Waals surface area contributed by atoms with Gasteiger partial charge in [0.15, 0.2) is 0 Å². The molecule has 15 heavy (non-hydrogen) atoms. The molecule has 2 rings (SSSR count). The quantitative estimate of drug-likeness (QED) is 0.580. The highest BCUT2D eigenvalue weighted by molar-refractivity contribution is 6.35. The van der Waals surface area contributed by atoms with Gasteiger partial charge in [0, 0.05) is 5.39 Å². The molecule has 0 atom stereocenters. The first-order chi connectivity index (χ1) is 7.13. The van der Waals surface area contributed by atoms with E-state index < -0.39 is 0 Å². The number of benzene rings is 1. The molecular weight excluding hydrogens is 217 g/mol. The summed E-state index contributed by atoms with van der Waals surface area (Å²) in [5.41, 5.74) is 3.62. The van der Waals surface area contributed by atoms with E-state index >= 15 is 0 Å².